The third-order valence-electron chi connectivity index (χ3n) is 5.12. The number of nitrogens with one attached hydrogen (secondary N) is 1. The van der Waals surface area contributed by atoms with Gasteiger partial charge in [-0.2, -0.15) is 18.3 Å². The van der Waals surface area contributed by atoms with Crippen LogP contribution in [0.25, 0.3) is 16.6 Å². The van der Waals surface area contributed by atoms with E-state index in [0.717, 1.165) is 5.52 Å². The van der Waals surface area contributed by atoms with E-state index in [1.54, 1.807) is 65.5 Å². The Morgan fingerprint density at radius 2 is 1.80 bits per heavy atom. The number of rotatable bonds is 6. The number of halogens is 5. The minimum Gasteiger partial charge on any atom is -0.484 e. The lowest BCUT2D eigenvalue weighted by atomic mass is 10.0. The Morgan fingerprint density at radius 3 is 2.46 bits per heavy atom. The second-order valence-electron chi connectivity index (χ2n) is 7.61. The predicted octanol–water partition coefficient (Wildman–Crippen LogP) is 6.64. The van der Waals surface area contributed by atoms with Gasteiger partial charge in [0.25, 0.3) is 0 Å². The molecule has 1 aromatic heterocycles. The third-order valence-corrected chi connectivity index (χ3v) is 5.36. The Morgan fingerprint density at radius 1 is 1.09 bits per heavy atom. The highest BCUT2D eigenvalue weighted by atomic mass is 35.5. The standard InChI is InChI=1S/C24H18ClF4N3O2.CH4/c1-14(31-23(33)24(27,28)29)22(15-3-2-4-17(25)11-15)34-20-9-10-21-16(12-20)13-30-32(21)19-7-5-18(26)6-8-19;/h2-14,22H,1H3,(H,31,33);1H4/t14-,22-;/m0./s1. The van der Waals surface area contributed by atoms with Crippen molar-refractivity contribution in [3.63, 3.8) is 0 Å². The number of benzene rings is 3. The maximum Gasteiger partial charge on any atom is 0.471 e. The van der Waals surface area contributed by atoms with Gasteiger partial charge in [-0.25, -0.2) is 9.07 Å². The molecule has 0 unspecified atom stereocenters. The summed E-state index contributed by atoms with van der Waals surface area (Å²) < 4.78 is 59.3. The van der Waals surface area contributed by atoms with Crippen LogP contribution in [0.3, 0.4) is 0 Å². The van der Waals surface area contributed by atoms with Gasteiger partial charge in [-0.15, -0.1) is 0 Å². The molecule has 4 rings (SSSR count). The van der Waals surface area contributed by atoms with Crippen molar-refractivity contribution in [1.82, 2.24) is 15.1 Å². The van der Waals surface area contributed by atoms with E-state index in [1.807, 2.05) is 5.32 Å². The molecule has 0 fully saturated rings. The van der Waals surface area contributed by atoms with E-state index in [-0.39, 0.29) is 13.2 Å². The number of carbonyl (C=O) groups is 1. The molecule has 3 aromatic carbocycles. The topological polar surface area (TPSA) is 56.1 Å². The van der Waals surface area contributed by atoms with Crippen LogP contribution in [0.1, 0.15) is 26.0 Å². The molecule has 1 heterocycles. The predicted molar refractivity (Wildman–Crippen MR) is 126 cm³/mol. The van der Waals surface area contributed by atoms with Crippen molar-refractivity contribution < 1.29 is 27.1 Å². The summed E-state index contributed by atoms with van der Waals surface area (Å²) in [6.07, 6.45) is -4.40. The maximum atomic E-state index is 13.2. The summed E-state index contributed by atoms with van der Waals surface area (Å²) in [6.45, 7) is 1.42. The van der Waals surface area contributed by atoms with Gasteiger partial charge in [0.05, 0.1) is 23.4 Å². The lowest BCUT2D eigenvalue weighted by molar-refractivity contribution is -0.174. The largest absolute Gasteiger partial charge is 0.484 e. The molecule has 35 heavy (non-hydrogen) atoms. The fraction of sp³-hybridized carbons (Fsp3) is 0.200. The molecule has 4 aromatic rings. The lowest BCUT2D eigenvalue weighted by Crippen LogP contribution is -2.45. The minimum absolute atomic E-state index is 0. The summed E-state index contributed by atoms with van der Waals surface area (Å²) in [7, 11) is 0. The summed E-state index contributed by atoms with van der Waals surface area (Å²) >= 11 is 6.07. The first kappa shape index (κ1) is 26.0. The van der Waals surface area contributed by atoms with Crippen LogP contribution in [-0.4, -0.2) is 27.9 Å². The number of alkyl halides is 3. The van der Waals surface area contributed by atoms with Crippen LogP contribution < -0.4 is 10.1 Å². The lowest BCUT2D eigenvalue weighted by Gasteiger charge is -2.27. The number of nitrogens with zero attached hydrogens (tertiary/aromatic N) is 2. The van der Waals surface area contributed by atoms with Gasteiger partial charge in [-0.1, -0.05) is 31.2 Å². The van der Waals surface area contributed by atoms with Gasteiger partial charge in [-0.05, 0) is 67.1 Å². The van der Waals surface area contributed by atoms with Crippen LogP contribution >= 0.6 is 11.6 Å². The molecule has 0 saturated carbocycles. The summed E-state index contributed by atoms with van der Waals surface area (Å²) in [4.78, 5) is 11.5. The number of carbonyl (C=O) groups excluding carboxylic acids is 1. The molecule has 0 saturated heterocycles. The highest BCUT2D eigenvalue weighted by Crippen LogP contribution is 2.30. The van der Waals surface area contributed by atoms with Crippen molar-refractivity contribution in [2.75, 3.05) is 0 Å². The number of aromatic nitrogens is 2. The van der Waals surface area contributed by atoms with Gasteiger partial charge in [0.1, 0.15) is 17.7 Å². The molecule has 0 aliphatic rings. The average molecular weight is 508 g/mol. The molecule has 5 nitrogen and oxygen atoms in total. The molecular weight excluding hydrogens is 486 g/mol. The zero-order valence-corrected chi connectivity index (χ0v) is 18.4. The van der Waals surface area contributed by atoms with E-state index >= 15 is 0 Å². The molecular formula is C25H22ClF4N3O2. The molecule has 0 aliphatic heterocycles. The Labute approximate surface area is 204 Å². The van der Waals surface area contributed by atoms with Gasteiger partial charge >= 0.3 is 12.1 Å². The van der Waals surface area contributed by atoms with Crippen LogP contribution in [0.4, 0.5) is 17.6 Å². The summed E-state index contributed by atoms with van der Waals surface area (Å²) in [5.41, 5.74) is 1.87. The van der Waals surface area contributed by atoms with E-state index in [9.17, 15) is 22.4 Å². The van der Waals surface area contributed by atoms with Gasteiger partial charge in [0.2, 0.25) is 0 Å². The zero-order chi connectivity index (χ0) is 24.5. The Bertz CT molecular complexity index is 1320. The average Bonchev–Trinajstić information content (AvgIpc) is 3.20. The van der Waals surface area contributed by atoms with Crippen LogP contribution in [0.5, 0.6) is 5.75 Å². The van der Waals surface area contributed by atoms with Crippen LogP contribution in [0.2, 0.25) is 5.02 Å². The molecule has 1 N–H and O–H groups in total. The highest BCUT2D eigenvalue weighted by Gasteiger charge is 2.40. The number of hydrogen-bond donors (Lipinski definition) is 1. The normalized spacial score (nSPS) is 13.1. The molecule has 184 valence electrons. The Kier molecular flexibility index (Phi) is 7.70. The van der Waals surface area contributed by atoms with Crippen molar-refractivity contribution in [2.24, 2.45) is 0 Å². The van der Waals surface area contributed by atoms with Gasteiger partial charge in [0, 0.05) is 10.4 Å². The minimum atomic E-state index is -5.03. The first-order valence-electron chi connectivity index (χ1n) is 10.2. The van der Waals surface area contributed by atoms with Gasteiger partial charge in [-0.3, -0.25) is 4.79 Å². The smallest absolute Gasteiger partial charge is 0.471 e. The van der Waals surface area contributed by atoms with Crippen molar-refractivity contribution in [1.29, 1.82) is 0 Å². The van der Waals surface area contributed by atoms with Crippen molar-refractivity contribution >= 4 is 28.4 Å². The Balaban J connectivity index is 0.00000342. The first-order chi connectivity index (χ1) is 16.1. The summed E-state index contributed by atoms with van der Waals surface area (Å²) in [6, 6.07) is 16.3. The fourth-order valence-corrected chi connectivity index (χ4v) is 3.72. The van der Waals surface area contributed by atoms with E-state index in [4.69, 9.17) is 16.3 Å². The van der Waals surface area contributed by atoms with E-state index in [2.05, 4.69) is 5.10 Å². The molecule has 0 spiro atoms. The Hall–Kier alpha value is -3.59. The quantitative estimate of drug-likeness (QED) is 0.298. The fourth-order valence-electron chi connectivity index (χ4n) is 3.53. The van der Waals surface area contributed by atoms with Crippen molar-refractivity contribution in [3.05, 3.63) is 89.3 Å². The van der Waals surface area contributed by atoms with E-state index in [1.165, 1.54) is 19.1 Å². The highest BCUT2D eigenvalue weighted by molar-refractivity contribution is 6.30. The number of ether oxygens (including phenoxy) is 1. The SMILES string of the molecule is C.C[C@H](NC(=O)C(F)(F)F)[C@H](Oc1ccc2c(cnn2-c2ccc(F)cc2)c1)c1cccc(Cl)c1. The first-order valence-corrected chi connectivity index (χ1v) is 10.5. The van der Waals surface area contributed by atoms with E-state index < -0.39 is 24.2 Å². The summed E-state index contributed by atoms with van der Waals surface area (Å²) in [5.74, 6) is -2.08. The van der Waals surface area contributed by atoms with Gasteiger partial charge in [0.15, 0.2) is 0 Å². The van der Waals surface area contributed by atoms with Crippen LogP contribution in [0, 0.1) is 5.82 Å². The van der Waals surface area contributed by atoms with Crippen molar-refractivity contribution in [2.45, 2.75) is 32.7 Å². The van der Waals surface area contributed by atoms with Gasteiger partial charge < -0.3 is 10.1 Å². The molecule has 0 radical (unpaired) electrons. The molecule has 0 aliphatic carbocycles. The number of fused-ring (bicyclic) bond motifs is 1. The van der Waals surface area contributed by atoms with E-state index in [0.29, 0.717) is 27.4 Å². The summed E-state index contributed by atoms with van der Waals surface area (Å²) in [5, 5.41) is 7.34. The molecule has 0 bridgehead atoms. The number of hydrogen-bond acceptors (Lipinski definition) is 3. The molecule has 2 atom stereocenters. The monoisotopic (exact) mass is 507 g/mol. The van der Waals surface area contributed by atoms with Crippen LogP contribution in [0.15, 0.2) is 72.9 Å². The maximum absolute atomic E-state index is 13.2. The van der Waals surface area contributed by atoms with Crippen LogP contribution in [-0.2, 0) is 4.79 Å². The second-order valence-corrected chi connectivity index (χ2v) is 8.04. The van der Waals surface area contributed by atoms with Crippen molar-refractivity contribution in [3.8, 4) is 11.4 Å². The molecule has 1 amide bonds. The molecule has 10 heteroatoms. The zero-order valence-electron chi connectivity index (χ0n) is 17.7. The third kappa shape index (κ3) is 5.92. The number of amides is 1. The second kappa shape index (κ2) is 10.4.